The molecule has 0 aliphatic heterocycles. The van der Waals surface area contributed by atoms with Gasteiger partial charge in [0, 0.05) is 10.6 Å². The van der Waals surface area contributed by atoms with Gasteiger partial charge in [0.2, 0.25) is 10.0 Å². The highest BCUT2D eigenvalue weighted by atomic mass is 79.9. The fourth-order valence-corrected chi connectivity index (χ4v) is 5.05. The van der Waals surface area contributed by atoms with Crippen molar-refractivity contribution < 1.29 is 8.42 Å². The van der Waals surface area contributed by atoms with Gasteiger partial charge in [-0.1, -0.05) is 6.07 Å². The Morgan fingerprint density at radius 2 is 2.11 bits per heavy atom. The predicted octanol–water partition coefficient (Wildman–Crippen LogP) is 3.00. The minimum absolute atomic E-state index is 0.191. The summed E-state index contributed by atoms with van der Waals surface area (Å²) in [4.78, 5) is 5.34. The van der Waals surface area contributed by atoms with Crippen molar-refractivity contribution in [1.82, 2.24) is 9.71 Å². The van der Waals surface area contributed by atoms with E-state index in [1.165, 1.54) is 11.3 Å². The van der Waals surface area contributed by atoms with Gasteiger partial charge in [-0.3, -0.25) is 4.98 Å². The van der Waals surface area contributed by atoms with E-state index >= 15 is 0 Å². The summed E-state index contributed by atoms with van der Waals surface area (Å²) in [7, 11) is -3.49. The summed E-state index contributed by atoms with van der Waals surface area (Å²) in [6.07, 6.45) is 0. The molecular weight excluding hydrogens is 348 g/mol. The summed E-state index contributed by atoms with van der Waals surface area (Å²) >= 11 is 4.70. The third-order valence-electron chi connectivity index (χ3n) is 2.52. The van der Waals surface area contributed by atoms with Gasteiger partial charge in [0.15, 0.2) is 0 Å². The monoisotopic (exact) mass is 360 g/mol. The summed E-state index contributed by atoms with van der Waals surface area (Å²) in [6, 6.07) is 7.15. The lowest BCUT2D eigenvalue weighted by Gasteiger charge is -2.06. The molecule has 1 N–H and O–H groups in total. The Balaban J connectivity index is 2.16. The number of thiophene rings is 1. The van der Waals surface area contributed by atoms with E-state index in [1.807, 2.05) is 19.1 Å². The van der Waals surface area contributed by atoms with E-state index in [0.717, 1.165) is 14.4 Å². The Hall–Kier alpha value is -0.760. The van der Waals surface area contributed by atoms with Gasteiger partial charge in [-0.2, -0.15) is 0 Å². The average molecular weight is 361 g/mol. The first-order valence-electron chi connectivity index (χ1n) is 5.56. The SMILES string of the molecule is Cc1cccc(CNS(=O)(=O)c2cc(Br)sc2C)n1. The van der Waals surface area contributed by atoms with Crippen molar-refractivity contribution in [3.05, 3.63) is 44.3 Å². The van der Waals surface area contributed by atoms with Gasteiger partial charge >= 0.3 is 0 Å². The molecule has 0 aromatic carbocycles. The average Bonchev–Trinajstić information content (AvgIpc) is 2.67. The topological polar surface area (TPSA) is 59.1 Å². The van der Waals surface area contributed by atoms with Crippen LogP contribution in [-0.2, 0) is 16.6 Å². The molecule has 19 heavy (non-hydrogen) atoms. The Kier molecular flexibility index (Phi) is 4.39. The van der Waals surface area contributed by atoms with Gasteiger partial charge in [0.05, 0.1) is 20.9 Å². The van der Waals surface area contributed by atoms with Crippen molar-refractivity contribution in [1.29, 1.82) is 0 Å². The maximum Gasteiger partial charge on any atom is 0.242 e. The molecule has 7 heteroatoms. The number of aryl methyl sites for hydroxylation is 2. The standard InChI is InChI=1S/C12H13BrN2O2S2/c1-8-4-3-5-10(15-8)7-14-19(16,17)11-6-12(13)18-9(11)2/h3-6,14H,7H2,1-2H3. The number of rotatable bonds is 4. The maximum absolute atomic E-state index is 12.2. The van der Waals surface area contributed by atoms with Crippen LogP contribution in [0.25, 0.3) is 0 Å². The van der Waals surface area contributed by atoms with Crippen LogP contribution in [-0.4, -0.2) is 13.4 Å². The first kappa shape index (κ1) is 14.6. The molecule has 2 heterocycles. The number of halogens is 1. The largest absolute Gasteiger partial charge is 0.257 e. The molecule has 2 aromatic heterocycles. The highest BCUT2D eigenvalue weighted by Gasteiger charge is 2.19. The van der Waals surface area contributed by atoms with Crippen LogP contribution in [0, 0.1) is 13.8 Å². The highest BCUT2D eigenvalue weighted by molar-refractivity contribution is 9.11. The molecular formula is C12H13BrN2O2S2. The molecule has 0 saturated carbocycles. The van der Waals surface area contributed by atoms with Crippen LogP contribution in [0.4, 0.5) is 0 Å². The Morgan fingerprint density at radius 3 is 2.68 bits per heavy atom. The van der Waals surface area contributed by atoms with Crippen LogP contribution in [0.15, 0.2) is 32.9 Å². The molecule has 4 nitrogen and oxygen atoms in total. The van der Waals surface area contributed by atoms with Crippen molar-refractivity contribution in [3.63, 3.8) is 0 Å². The van der Waals surface area contributed by atoms with Crippen LogP contribution in [0.2, 0.25) is 0 Å². The van der Waals surface area contributed by atoms with Gasteiger partial charge < -0.3 is 0 Å². The molecule has 0 aliphatic carbocycles. The van der Waals surface area contributed by atoms with Crippen molar-refractivity contribution in [3.8, 4) is 0 Å². The third-order valence-corrected chi connectivity index (χ3v) is 5.73. The molecule has 0 unspecified atom stereocenters. The zero-order chi connectivity index (χ0) is 14.0. The van der Waals surface area contributed by atoms with E-state index in [2.05, 4.69) is 25.6 Å². The van der Waals surface area contributed by atoms with Gasteiger partial charge in [-0.05, 0) is 48.0 Å². The molecule has 0 atom stereocenters. The van der Waals surface area contributed by atoms with Gasteiger partial charge in [-0.25, -0.2) is 13.1 Å². The number of sulfonamides is 1. The first-order chi connectivity index (χ1) is 8.88. The lowest BCUT2D eigenvalue weighted by atomic mass is 10.3. The van der Waals surface area contributed by atoms with Gasteiger partial charge in [0.1, 0.15) is 0 Å². The molecule has 102 valence electrons. The van der Waals surface area contributed by atoms with Crippen LogP contribution >= 0.6 is 27.3 Å². The van der Waals surface area contributed by atoms with Crippen LogP contribution in [0.3, 0.4) is 0 Å². The second-order valence-electron chi connectivity index (χ2n) is 4.07. The molecule has 0 bridgehead atoms. The predicted molar refractivity (Wildman–Crippen MR) is 79.8 cm³/mol. The van der Waals surface area contributed by atoms with E-state index < -0.39 is 10.0 Å². The molecule has 0 aliphatic rings. The van der Waals surface area contributed by atoms with Crippen molar-refractivity contribution in [2.75, 3.05) is 0 Å². The molecule has 0 saturated heterocycles. The minimum atomic E-state index is -3.49. The molecule has 2 aromatic rings. The second kappa shape index (κ2) is 5.70. The molecule has 0 amide bonds. The van der Waals surface area contributed by atoms with Crippen molar-refractivity contribution in [2.45, 2.75) is 25.3 Å². The van der Waals surface area contributed by atoms with E-state index in [1.54, 1.807) is 19.1 Å². The zero-order valence-electron chi connectivity index (χ0n) is 10.5. The van der Waals surface area contributed by atoms with E-state index in [9.17, 15) is 8.42 Å². The Bertz CT molecular complexity index is 696. The number of aromatic nitrogens is 1. The van der Waals surface area contributed by atoms with Gasteiger partial charge in [0.25, 0.3) is 0 Å². The Labute approximate surface area is 125 Å². The lowest BCUT2D eigenvalue weighted by molar-refractivity contribution is 0.580. The number of hydrogen-bond donors (Lipinski definition) is 1. The number of nitrogens with zero attached hydrogens (tertiary/aromatic N) is 1. The number of pyridine rings is 1. The number of hydrogen-bond acceptors (Lipinski definition) is 4. The van der Waals surface area contributed by atoms with Crippen molar-refractivity contribution in [2.24, 2.45) is 0 Å². The highest BCUT2D eigenvalue weighted by Crippen LogP contribution is 2.29. The molecule has 2 rings (SSSR count). The quantitative estimate of drug-likeness (QED) is 0.911. The fourth-order valence-electron chi connectivity index (χ4n) is 1.64. The molecule has 0 radical (unpaired) electrons. The Morgan fingerprint density at radius 1 is 1.37 bits per heavy atom. The first-order valence-corrected chi connectivity index (χ1v) is 8.66. The summed E-state index contributed by atoms with van der Waals surface area (Å²) in [5, 5.41) is 0. The lowest BCUT2D eigenvalue weighted by Crippen LogP contribution is -2.23. The minimum Gasteiger partial charge on any atom is -0.257 e. The number of nitrogens with one attached hydrogen (secondary N) is 1. The third kappa shape index (κ3) is 3.62. The molecule has 0 fully saturated rings. The van der Waals surface area contributed by atoms with Crippen LogP contribution in [0.1, 0.15) is 16.3 Å². The molecule has 0 spiro atoms. The second-order valence-corrected chi connectivity index (χ2v) is 8.44. The van der Waals surface area contributed by atoms with Crippen LogP contribution < -0.4 is 4.72 Å². The fraction of sp³-hybridized carbons (Fsp3) is 0.250. The van der Waals surface area contributed by atoms with Crippen molar-refractivity contribution >= 4 is 37.3 Å². The van der Waals surface area contributed by atoms with E-state index in [0.29, 0.717) is 10.6 Å². The van der Waals surface area contributed by atoms with E-state index in [4.69, 9.17) is 0 Å². The summed E-state index contributed by atoms with van der Waals surface area (Å²) in [5.74, 6) is 0. The van der Waals surface area contributed by atoms with E-state index in [-0.39, 0.29) is 6.54 Å². The summed E-state index contributed by atoms with van der Waals surface area (Å²) in [6.45, 7) is 3.85. The van der Waals surface area contributed by atoms with Crippen LogP contribution in [0.5, 0.6) is 0 Å². The summed E-state index contributed by atoms with van der Waals surface area (Å²) in [5.41, 5.74) is 1.57. The van der Waals surface area contributed by atoms with Gasteiger partial charge in [-0.15, -0.1) is 11.3 Å². The maximum atomic E-state index is 12.2. The normalized spacial score (nSPS) is 11.7. The smallest absolute Gasteiger partial charge is 0.242 e. The zero-order valence-corrected chi connectivity index (χ0v) is 13.7. The summed E-state index contributed by atoms with van der Waals surface area (Å²) < 4.78 is 27.7.